The third-order valence-electron chi connectivity index (χ3n) is 3.59. The summed E-state index contributed by atoms with van der Waals surface area (Å²) in [6.45, 7) is 0. The van der Waals surface area contributed by atoms with Crippen LogP contribution in [0, 0.1) is 0 Å². The number of rotatable bonds is 4. The van der Waals surface area contributed by atoms with Gasteiger partial charge in [0.25, 0.3) is 5.91 Å². The highest BCUT2D eigenvalue weighted by Gasteiger charge is 2.30. The highest BCUT2D eigenvalue weighted by Crippen LogP contribution is 2.31. The number of aromatic nitrogens is 1. The molecule has 0 aliphatic rings. The van der Waals surface area contributed by atoms with Crippen LogP contribution in [-0.4, -0.2) is 10.9 Å². The Labute approximate surface area is 158 Å². The monoisotopic (exact) mass is 391 g/mol. The number of nitrogens with zero attached hydrogens (tertiary/aromatic N) is 1. The molecule has 0 unspecified atom stereocenters. The quantitative estimate of drug-likeness (QED) is 0.595. The van der Waals surface area contributed by atoms with E-state index in [2.05, 4.69) is 15.6 Å². The second kappa shape index (κ2) is 7.67. The van der Waals surface area contributed by atoms with E-state index in [9.17, 15) is 18.0 Å². The van der Waals surface area contributed by atoms with Crippen molar-refractivity contribution in [2.24, 2.45) is 0 Å². The Bertz CT molecular complexity index is 976. The topological polar surface area (TPSA) is 54.0 Å². The second-order valence-corrected chi connectivity index (χ2v) is 6.00. The maximum absolute atomic E-state index is 12.9. The normalized spacial score (nSPS) is 11.1. The number of hydrogen-bond acceptors (Lipinski definition) is 3. The van der Waals surface area contributed by atoms with E-state index in [0.717, 1.165) is 12.1 Å². The van der Waals surface area contributed by atoms with Crippen molar-refractivity contribution in [3.8, 4) is 0 Å². The molecule has 0 fully saturated rings. The van der Waals surface area contributed by atoms with Gasteiger partial charge in [-0.05, 0) is 48.5 Å². The highest BCUT2D eigenvalue weighted by molar-refractivity contribution is 6.31. The summed E-state index contributed by atoms with van der Waals surface area (Å²) in [5.41, 5.74) is 0.0324. The van der Waals surface area contributed by atoms with Gasteiger partial charge in [-0.2, -0.15) is 13.2 Å². The third kappa shape index (κ3) is 4.77. The summed E-state index contributed by atoms with van der Waals surface area (Å²) in [5.74, 6) is -0.337. The standard InChI is InChI=1S/C19H13ClF3N3O/c20-13-5-2-7-15(11-13)26-18(27)16-8-3-9-24-17(16)25-14-6-1-4-12(10-14)19(21,22)23/h1-11H,(H,24,25)(H,26,27). The zero-order chi connectivity index (χ0) is 19.4. The molecule has 0 saturated carbocycles. The molecular formula is C19H13ClF3N3O. The van der Waals surface area contributed by atoms with Gasteiger partial charge >= 0.3 is 6.18 Å². The lowest BCUT2D eigenvalue weighted by atomic mass is 10.1. The minimum absolute atomic E-state index is 0.136. The van der Waals surface area contributed by atoms with Gasteiger partial charge in [-0.15, -0.1) is 0 Å². The van der Waals surface area contributed by atoms with E-state index >= 15 is 0 Å². The molecule has 3 rings (SSSR count). The molecule has 1 amide bonds. The molecule has 1 aromatic heterocycles. The highest BCUT2D eigenvalue weighted by atomic mass is 35.5. The van der Waals surface area contributed by atoms with Gasteiger partial charge in [0.05, 0.1) is 11.1 Å². The average molecular weight is 392 g/mol. The lowest BCUT2D eigenvalue weighted by Crippen LogP contribution is -2.14. The van der Waals surface area contributed by atoms with Crippen molar-refractivity contribution in [3.05, 3.63) is 83.0 Å². The Balaban J connectivity index is 1.85. The van der Waals surface area contributed by atoms with Gasteiger partial charge < -0.3 is 10.6 Å². The summed E-state index contributed by atoms with van der Waals surface area (Å²) < 4.78 is 38.6. The molecule has 0 saturated heterocycles. The van der Waals surface area contributed by atoms with Crippen molar-refractivity contribution in [2.75, 3.05) is 10.6 Å². The molecule has 8 heteroatoms. The van der Waals surface area contributed by atoms with E-state index in [1.54, 1.807) is 30.3 Å². The van der Waals surface area contributed by atoms with Crippen molar-refractivity contribution >= 4 is 34.7 Å². The Morgan fingerprint density at radius 1 is 0.963 bits per heavy atom. The fourth-order valence-corrected chi connectivity index (χ4v) is 2.55. The summed E-state index contributed by atoms with van der Waals surface area (Å²) in [6.07, 6.45) is -3.03. The van der Waals surface area contributed by atoms with Gasteiger partial charge in [-0.25, -0.2) is 4.98 Å². The molecule has 0 spiro atoms. The molecule has 2 aromatic carbocycles. The van der Waals surface area contributed by atoms with Crippen LogP contribution in [0.2, 0.25) is 5.02 Å². The van der Waals surface area contributed by atoms with Crippen LogP contribution in [0.25, 0.3) is 0 Å². The maximum Gasteiger partial charge on any atom is 0.416 e. The molecule has 1 heterocycles. The lowest BCUT2D eigenvalue weighted by Gasteiger charge is -2.13. The minimum atomic E-state index is -4.46. The number of amides is 1. The van der Waals surface area contributed by atoms with Crippen molar-refractivity contribution < 1.29 is 18.0 Å². The number of anilines is 3. The Hall–Kier alpha value is -3.06. The van der Waals surface area contributed by atoms with Crippen LogP contribution in [0.3, 0.4) is 0 Å². The first-order chi connectivity index (χ1) is 12.8. The molecule has 2 N–H and O–H groups in total. The molecular weight excluding hydrogens is 379 g/mol. The molecule has 138 valence electrons. The Morgan fingerprint density at radius 2 is 1.70 bits per heavy atom. The smallest absolute Gasteiger partial charge is 0.340 e. The van der Waals surface area contributed by atoms with E-state index in [1.807, 2.05) is 0 Å². The first-order valence-corrected chi connectivity index (χ1v) is 8.17. The zero-order valence-electron chi connectivity index (χ0n) is 13.7. The minimum Gasteiger partial charge on any atom is -0.340 e. The number of nitrogens with one attached hydrogen (secondary N) is 2. The summed E-state index contributed by atoms with van der Waals surface area (Å²) in [7, 11) is 0. The number of pyridine rings is 1. The molecule has 27 heavy (non-hydrogen) atoms. The summed E-state index contributed by atoms with van der Waals surface area (Å²) >= 11 is 5.90. The first-order valence-electron chi connectivity index (χ1n) is 7.79. The van der Waals surface area contributed by atoms with E-state index in [0.29, 0.717) is 10.7 Å². The fourth-order valence-electron chi connectivity index (χ4n) is 2.36. The predicted molar refractivity (Wildman–Crippen MR) is 98.4 cm³/mol. The van der Waals surface area contributed by atoms with E-state index in [-0.39, 0.29) is 17.1 Å². The van der Waals surface area contributed by atoms with Gasteiger partial charge in [0, 0.05) is 22.6 Å². The van der Waals surface area contributed by atoms with Crippen LogP contribution in [0.1, 0.15) is 15.9 Å². The van der Waals surface area contributed by atoms with Crippen LogP contribution < -0.4 is 10.6 Å². The van der Waals surface area contributed by atoms with E-state index < -0.39 is 17.6 Å². The summed E-state index contributed by atoms with van der Waals surface area (Å²) in [5, 5.41) is 5.90. The van der Waals surface area contributed by atoms with Crippen LogP contribution in [0.5, 0.6) is 0 Å². The Kier molecular flexibility index (Phi) is 5.32. The average Bonchev–Trinajstić information content (AvgIpc) is 2.62. The number of benzene rings is 2. The van der Waals surface area contributed by atoms with Crippen LogP contribution in [0.4, 0.5) is 30.4 Å². The molecule has 0 bridgehead atoms. The Morgan fingerprint density at radius 3 is 2.44 bits per heavy atom. The number of carbonyl (C=O) groups excluding carboxylic acids is 1. The maximum atomic E-state index is 12.9. The molecule has 0 aliphatic heterocycles. The lowest BCUT2D eigenvalue weighted by molar-refractivity contribution is -0.137. The SMILES string of the molecule is O=C(Nc1cccc(Cl)c1)c1cccnc1Nc1cccc(C(F)(F)F)c1. The summed E-state index contributed by atoms with van der Waals surface area (Å²) in [4.78, 5) is 16.6. The van der Waals surface area contributed by atoms with Crippen molar-refractivity contribution in [2.45, 2.75) is 6.18 Å². The van der Waals surface area contributed by atoms with Gasteiger partial charge in [0.2, 0.25) is 0 Å². The van der Waals surface area contributed by atoms with Crippen molar-refractivity contribution in [3.63, 3.8) is 0 Å². The zero-order valence-corrected chi connectivity index (χ0v) is 14.5. The fraction of sp³-hybridized carbons (Fsp3) is 0.0526. The van der Waals surface area contributed by atoms with Crippen molar-refractivity contribution in [1.29, 1.82) is 0 Å². The first kappa shape index (κ1) is 18.7. The predicted octanol–water partition coefficient (Wildman–Crippen LogP) is 5.75. The largest absolute Gasteiger partial charge is 0.416 e. The number of hydrogen-bond donors (Lipinski definition) is 2. The number of alkyl halides is 3. The second-order valence-electron chi connectivity index (χ2n) is 5.57. The molecule has 4 nitrogen and oxygen atoms in total. The van der Waals surface area contributed by atoms with E-state index in [1.165, 1.54) is 24.4 Å². The third-order valence-corrected chi connectivity index (χ3v) is 3.82. The van der Waals surface area contributed by atoms with Gasteiger partial charge in [0.15, 0.2) is 0 Å². The van der Waals surface area contributed by atoms with E-state index in [4.69, 9.17) is 11.6 Å². The summed E-state index contributed by atoms with van der Waals surface area (Å²) in [6, 6.07) is 14.3. The van der Waals surface area contributed by atoms with Crippen molar-refractivity contribution in [1.82, 2.24) is 4.98 Å². The molecule has 3 aromatic rings. The van der Waals surface area contributed by atoms with Gasteiger partial charge in [0.1, 0.15) is 5.82 Å². The number of halogens is 4. The number of carbonyl (C=O) groups is 1. The van der Waals surface area contributed by atoms with Crippen LogP contribution in [0.15, 0.2) is 66.9 Å². The molecule has 0 atom stereocenters. The van der Waals surface area contributed by atoms with Gasteiger partial charge in [-0.3, -0.25) is 4.79 Å². The molecule has 0 radical (unpaired) electrons. The molecule has 0 aliphatic carbocycles. The van der Waals surface area contributed by atoms with Gasteiger partial charge in [-0.1, -0.05) is 23.7 Å². The van der Waals surface area contributed by atoms with Crippen LogP contribution in [-0.2, 0) is 6.18 Å². The van der Waals surface area contributed by atoms with Crippen LogP contribution >= 0.6 is 11.6 Å².